The molecule has 2 atom stereocenters. The van der Waals surface area contributed by atoms with E-state index in [1.807, 2.05) is 0 Å². The number of benzene rings is 1. The number of hydrogen-bond donors (Lipinski definition) is 0. The summed E-state index contributed by atoms with van der Waals surface area (Å²) < 4.78 is 0. The zero-order valence-corrected chi connectivity index (χ0v) is 11.7. The van der Waals surface area contributed by atoms with Crippen LogP contribution in [0.15, 0.2) is 65.6 Å². The van der Waals surface area contributed by atoms with E-state index in [1.165, 1.54) is 29.8 Å². The minimum atomic E-state index is 0.458. The molecule has 0 fully saturated rings. The van der Waals surface area contributed by atoms with Crippen LogP contribution in [0.3, 0.4) is 0 Å². The van der Waals surface area contributed by atoms with E-state index < -0.39 is 0 Å². The number of rotatable bonds is 2. The van der Waals surface area contributed by atoms with E-state index in [4.69, 9.17) is 0 Å². The number of allylic oxidation sites excluding steroid dienone is 3. The second-order valence-corrected chi connectivity index (χ2v) is 6.34. The normalized spacial score (nSPS) is 23.6. The van der Waals surface area contributed by atoms with Crippen molar-refractivity contribution in [2.45, 2.75) is 25.5 Å². The van der Waals surface area contributed by atoms with Gasteiger partial charge in [-0.15, -0.1) is 0 Å². The Bertz CT molecular complexity index is 527. The highest BCUT2D eigenvalue weighted by molar-refractivity contribution is 7.45. The van der Waals surface area contributed by atoms with Gasteiger partial charge in [0, 0.05) is 11.4 Å². The summed E-state index contributed by atoms with van der Waals surface area (Å²) in [7, 11) is 0.870. The summed E-state index contributed by atoms with van der Waals surface area (Å²) in [6.07, 6.45) is 7.00. The van der Waals surface area contributed by atoms with Crippen LogP contribution in [0.5, 0.6) is 0 Å². The van der Waals surface area contributed by atoms with Crippen molar-refractivity contribution in [2.24, 2.45) is 0 Å². The van der Waals surface area contributed by atoms with Gasteiger partial charge in [0.05, 0.1) is 5.78 Å². The van der Waals surface area contributed by atoms with Crippen LogP contribution in [-0.4, -0.2) is 5.78 Å². The standard InChI is InChI=1S/C16H18NP/c1-12(2)16-17(13-8-4-3-5-9-13)14-10-6-7-11-15(14)18-16/h3-6,8-10,16,18H,1,7,11H2,2H3. The molecular weight excluding hydrogens is 237 g/mol. The third-order valence-corrected chi connectivity index (χ3v) is 5.35. The molecule has 0 radical (unpaired) electrons. The number of para-hydroxylation sites is 1. The van der Waals surface area contributed by atoms with Crippen LogP contribution < -0.4 is 4.90 Å². The van der Waals surface area contributed by atoms with Gasteiger partial charge in [-0.3, -0.25) is 0 Å². The number of nitrogens with zero attached hydrogens (tertiary/aromatic N) is 1. The third kappa shape index (κ3) is 1.93. The number of hydrogen-bond acceptors (Lipinski definition) is 1. The van der Waals surface area contributed by atoms with Gasteiger partial charge in [-0.05, 0) is 43.3 Å². The predicted molar refractivity (Wildman–Crippen MR) is 81.2 cm³/mol. The Morgan fingerprint density at radius 3 is 2.83 bits per heavy atom. The van der Waals surface area contributed by atoms with E-state index in [0.29, 0.717) is 5.78 Å². The third-order valence-electron chi connectivity index (χ3n) is 3.48. The Morgan fingerprint density at radius 1 is 1.33 bits per heavy atom. The number of anilines is 1. The van der Waals surface area contributed by atoms with Gasteiger partial charge in [0.2, 0.25) is 0 Å². The molecule has 0 amide bonds. The Morgan fingerprint density at radius 2 is 2.11 bits per heavy atom. The van der Waals surface area contributed by atoms with Gasteiger partial charge in [-0.1, -0.05) is 45.0 Å². The van der Waals surface area contributed by atoms with Crippen LogP contribution >= 0.6 is 8.58 Å². The van der Waals surface area contributed by atoms with Crippen LogP contribution in [0.4, 0.5) is 5.69 Å². The van der Waals surface area contributed by atoms with E-state index in [2.05, 4.69) is 60.9 Å². The zero-order chi connectivity index (χ0) is 12.5. The monoisotopic (exact) mass is 255 g/mol. The van der Waals surface area contributed by atoms with Crippen LogP contribution in [0.2, 0.25) is 0 Å². The lowest BCUT2D eigenvalue weighted by Gasteiger charge is -2.29. The zero-order valence-electron chi connectivity index (χ0n) is 10.7. The highest BCUT2D eigenvalue weighted by Gasteiger charge is 2.32. The summed E-state index contributed by atoms with van der Waals surface area (Å²) in [5.41, 5.74) is 3.97. The molecule has 1 aromatic carbocycles. The van der Waals surface area contributed by atoms with Gasteiger partial charge in [0.1, 0.15) is 0 Å². The SMILES string of the molecule is C=C(C)C1PC2=C(C=CCC2)N1c1ccccc1. The minimum absolute atomic E-state index is 0.458. The molecule has 2 aliphatic rings. The first-order valence-corrected chi connectivity index (χ1v) is 7.51. The van der Waals surface area contributed by atoms with Crippen molar-refractivity contribution in [3.8, 4) is 0 Å². The fourth-order valence-corrected chi connectivity index (χ4v) is 4.25. The molecular formula is C16H18NP. The largest absolute Gasteiger partial charge is 0.330 e. The Balaban J connectivity index is 2.04. The Labute approximate surface area is 111 Å². The second kappa shape index (κ2) is 4.74. The first-order chi connectivity index (χ1) is 8.77. The second-order valence-electron chi connectivity index (χ2n) is 4.90. The molecule has 2 heteroatoms. The van der Waals surface area contributed by atoms with E-state index in [0.717, 1.165) is 8.58 Å². The van der Waals surface area contributed by atoms with Gasteiger partial charge in [-0.2, -0.15) is 0 Å². The van der Waals surface area contributed by atoms with Crippen molar-refractivity contribution in [1.82, 2.24) is 0 Å². The summed E-state index contributed by atoms with van der Waals surface area (Å²) in [4.78, 5) is 2.46. The van der Waals surface area contributed by atoms with E-state index in [-0.39, 0.29) is 0 Å². The molecule has 1 heterocycles. The average Bonchev–Trinajstić information content (AvgIpc) is 2.79. The average molecular weight is 255 g/mol. The summed E-state index contributed by atoms with van der Waals surface area (Å²) in [6.45, 7) is 6.33. The fraction of sp³-hybridized carbons (Fsp3) is 0.250. The smallest absolute Gasteiger partial charge is 0.0752 e. The molecule has 0 N–H and O–H groups in total. The molecule has 0 spiro atoms. The minimum Gasteiger partial charge on any atom is -0.330 e. The van der Waals surface area contributed by atoms with Crippen LogP contribution in [-0.2, 0) is 0 Å². The Hall–Kier alpha value is -1.33. The molecule has 1 nitrogen and oxygen atoms in total. The van der Waals surface area contributed by atoms with Gasteiger partial charge < -0.3 is 4.90 Å². The quantitative estimate of drug-likeness (QED) is 0.549. The topological polar surface area (TPSA) is 3.24 Å². The summed E-state index contributed by atoms with van der Waals surface area (Å²) in [5, 5.41) is 1.62. The van der Waals surface area contributed by atoms with Gasteiger partial charge in [-0.25, -0.2) is 0 Å². The lowest BCUT2D eigenvalue weighted by Crippen LogP contribution is -2.27. The summed E-state index contributed by atoms with van der Waals surface area (Å²) >= 11 is 0. The molecule has 1 aliphatic heterocycles. The molecule has 0 aromatic heterocycles. The van der Waals surface area contributed by atoms with E-state index >= 15 is 0 Å². The lowest BCUT2D eigenvalue weighted by atomic mass is 10.1. The molecule has 0 bridgehead atoms. The van der Waals surface area contributed by atoms with Crippen molar-refractivity contribution in [3.05, 3.63) is 65.6 Å². The van der Waals surface area contributed by atoms with Crippen molar-refractivity contribution in [1.29, 1.82) is 0 Å². The van der Waals surface area contributed by atoms with Crippen molar-refractivity contribution in [2.75, 3.05) is 4.90 Å². The summed E-state index contributed by atoms with van der Waals surface area (Å²) in [5.74, 6) is 0.458. The molecule has 0 saturated heterocycles. The van der Waals surface area contributed by atoms with Gasteiger partial charge in [0.25, 0.3) is 0 Å². The van der Waals surface area contributed by atoms with Crippen molar-refractivity contribution < 1.29 is 0 Å². The maximum atomic E-state index is 4.19. The molecule has 3 rings (SSSR count). The predicted octanol–water partition coefficient (Wildman–Crippen LogP) is 4.65. The fourth-order valence-electron chi connectivity index (χ4n) is 2.61. The maximum absolute atomic E-state index is 4.19. The van der Waals surface area contributed by atoms with E-state index in [9.17, 15) is 0 Å². The van der Waals surface area contributed by atoms with Gasteiger partial charge >= 0.3 is 0 Å². The van der Waals surface area contributed by atoms with Crippen LogP contribution in [0, 0.1) is 0 Å². The van der Waals surface area contributed by atoms with E-state index in [1.54, 1.807) is 5.31 Å². The Kier molecular flexibility index (Phi) is 3.09. The molecule has 92 valence electrons. The van der Waals surface area contributed by atoms with Crippen LogP contribution in [0.1, 0.15) is 19.8 Å². The lowest BCUT2D eigenvalue weighted by molar-refractivity contribution is 0.929. The maximum Gasteiger partial charge on any atom is 0.0752 e. The first kappa shape index (κ1) is 11.7. The first-order valence-electron chi connectivity index (χ1n) is 6.43. The van der Waals surface area contributed by atoms with Crippen molar-refractivity contribution in [3.63, 3.8) is 0 Å². The highest BCUT2D eigenvalue weighted by Crippen LogP contribution is 2.51. The van der Waals surface area contributed by atoms with Gasteiger partial charge in [0.15, 0.2) is 0 Å². The molecule has 18 heavy (non-hydrogen) atoms. The molecule has 2 unspecified atom stereocenters. The summed E-state index contributed by atoms with van der Waals surface area (Å²) in [6, 6.07) is 10.7. The van der Waals surface area contributed by atoms with Crippen molar-refractivity contribution >= 4 is 14.3 Å². The van der Waals surface area contributed by atoms with Crippen LogP contribution in [0.25, 0.3) is 0 Å². The molecule has 0 saturated carbocycles. The molecule has 1 aromatic rings. The highest BCUT2D eigenvalue weighted by atomic mass is 31.1. The molecule has 1 aliphatic carbocycles.